The fraction of sp³-hybridized carbons (Fsp3) is 0.235. The van der Waals surface area contributed by atoms with Gasteiger partial charge in [0.2, 0.25) is 5.91 Å². The summed E-state index contributed by atoms with van der Waals surface area (Å²) in [5.41, 5.74) is 0.867. The first-order valence-electron chi connectivity index (χ1n) is 7.52. The molecule has 0 aliphatic carbocycles. The molecular weight excluding hydrogens is 346 g/mol. The SMILES string of the molecule is C[C@H](NC(=O)CCn1cnc2sccc2c1=O)c1ccc(Cl)cc1. The molecule has 3 rings (SSSR count). The van der Waals surface area contributed by atoms with Gasteiger partial charge in [0, 0.05) is 18.0 Å². The second-order valence-electron chi connectivity index (χ2n) is 5.47. The quantitative estimate of drug-likeness (QED) is 0.757. The number of thiophene rings is 1. The van der Waals surface area contributed by atoms with Crippen molar-refractivity contribution in [2.75, 3.05) is 0 Å². The maximum absolute atomic E-state index is 12.3. The Morgan fingerprint density at radius 3 is 2.83 bits per heavy atom. The van der Waals surface area contributed by atoms with E-state index in [4.69, 9.17) is 11.6 Å². The molecule has 2 heterocycles. The van der Waals surface area contributed by atoms with Crippen LogP contribution in [-0.4, -0.2) is 15.5 Å². The molecule has 24 heavy (non-hydrogen) atoms. The van der Waals surface area contributed by atoms with Gasteiger partial charge in [0.25, 0.3) is 5.56 Å². The lowest BCUT2D eigenvalue weighted by Gasteiger charge is -2.14. The Kier molecular flexibility index (Phi) is 4.97. The average molecular weight is 362 g/mol. The first kappa shape index (κ1) is 16.7. The molecule has 2 aromatic heterocycles. The molecular formula is C17H16ClN3O2S. The molecule has 0 saturated heterocycles. The first-order valence-corrected chi connectivity index (χ1v) is 8.78. The number of carbonyl (C=O) groups excluding carboxylic acids is 1. The van der Waals surface area contributed by atoms with Crippen LogP contribution in [0.4, 0.5) is 0 Å². The van der Waals surface area contributed by atoms with Gasteiger partial charge >= 0.3 is 0 Å². The molecule has 0 aliphatic heterocycles. The van der Waals surface area contributed by atoms with Crippen LogP contribution in [0.3, 0.4) is 0 Å². The topological polar surface area (TPSA) is 64.0 Å². The number of aromatic nitrogens is 2. The van der Waals surface area contributed by atoms with Gasteiger partial charge in [-0.25, -0.2) is 4.98 Å². The van der Waals surface area contributed by atoms with E-state index >= 15 is 0 Å². The Hall–Kier alpha value is -2.18. The molecule has 0 saturated carbocycles. The van der Waals surface area contributed by atoms with Crippen molar-refractivity contribution in [2.24, 2.45) is 0 Å². The smallest absolute Gasteiger partial charge is 0.262 e. The van der Waals surface area contributed by atoms with Crippen LogP contribution < -0.4 is 10.9 Å². The molecule has 5 nitrogen and oxygen atoms in total. The maximum Gasteiger partial charge on any atom is 0.262 e. The summed E-state index contributed by atoms with van der Waals surface area (Å²) in [6.07, 6.45) is 1.71. The Morgan fingerprint density at radius 1 is 1.33 bits per heavy atom. The van der Waals surface area contributed by atoms with Crippen LogP contribution in [-0.2, 0) is 11.3 Å². The minimum Gasteiger partial charge on any atom is -0.350 e. The summed E-state index contributed by atoms with van der Waals surface area (Å²) in [7, 11) is 0. The summed E-state index contributed by atoms with van der Waals surface area (Å²) in [5, 5.41) is 6.01. The fourth-order valence-corrected chi connectivity index (χ4v) is 3.27. The highest BCUT2D eigenvalue weighted by atomic mass is 35.5. The number of fused-ring (bicyclic) bond motifs is 1. The number of aryl methyl sites for hydroxylation is 1. The van der Waals surface area contributed by atoms with E-state index in [9.17, 15) is 9.59 Å². The predicted molar refractivity (Wildman–Crippen MR) is 96.5 cm³/mol. The number of carbonyl (C=O) groups is 1. The van der Waals surface area contributed by atoms with Gasteiger partial charge in [-0.05, 0) is 36.1 Å². The van der Waals surface area contributed by atoms with E-state index < -0.39 is 0 Å². The lowest BCUT2D eigenvalue weighted by Crippen LogP contribution is -2.29. The standard InChI is InChI=1S/C17H16ClN3O2S/c1-11(12-2-4-13(18)5-3-12)20-15(22)6-8-21-10-19-16-14(17(21)23)7-9-24-16/h2-5,7,9-11H,6,8H2,1H3,(H,20,22)/t11-/m0/s1. The number of halogens is 1. The number of nitrogens with one attached hydrogen (secondary N) is 1. The molecule has 0 aliphatic rings. The van der Waals surface area contributed by atoms with Crippen molar-refractivity contribution < 1.29 is 4.79 Å². The highest BCUT2D eigenvalue weighted by Crippen LogP contribution is 2.16. The second kappa shape index (κ2) is 7.15. The van der Waals surface area contributed by atoms with Crippen molar-refractivity contribution in [3.05, 3.63) is 63.0 Å². The Bertz CT molecular complexity index is 917. The van der Waals surface area contributed by atoms with E-state index in [2.05, 4.69) is 10.3 Å². The molecule has 1 aromatic carbocycles. The summed E-state index contributed by atoms with van der Waals surface area (Å²) < 4.78 is 1.47. The van der Waals surface area contributed by atoms with Crippen molar-refractivity contribution in [3.63, 3.8) is 0 Å². The third-order valence-corrected chi connectivity index (χ3v) is 4.85. The van der Waals surface area contributed by atoms with Gasteiger partial charge in [-0.2, -0.15) is 0 Å². The number of amides is 1. The van der Waals surface area contributed by atoms with Crippen molar-refractivity contribution >= 4 is 39.1 Å². The molecule has 0 spiro atoms. The molecule has 3 aromatic rings. The zero-order chi connectivity index (χ0) is 17.1. The summed E-state index contributed by atoms with van der Waals surface area (Å²) in [4.78, 5) is 29.3. The van der Waals surface area contributed by atoms with Gasteiger partial charge < -0.3 is 5.32 Å². The van der Waals surface area contributed by atoms with Crippen LogP contribution in [0.15, 0.2) is 46.8 Å². The molecule has 0 unspecified atom stereocenters. The zero-order valence-corrected chi connectivity index (χ0v) is 14.6. The Labute approximate surface area is 147 Å². The van der Waals surface area contributed by atoms with Gasteiger partial charge in [0.1, 0.15) is 4.83 Å². The Morgan fingerprint density at radius 2 is 2.08 bits per heavy atom. The zero-order valence-electron chi connectivity index (χ0n) is 13.0. The molecule has 0 radical (unpaired) electrons. The van der Waals surface area contributed by atoms with Crippen LogP contribution >= 0.6 is 22.9 Å². The van der Waals surface area contributed by atoms with Gasteiger partial charge in [-0.1, -0.05) is 23.7 Å². The molecule has 124 valence electrons. The number of hydrogen-bond acceptors (Lipinski definition) is 4. The summed E-state index contributed by atoms with van der Waals surface area (Å²) in [5.74, 6) is -0.116. The number of nitrogens with zero attached hydrogens (tertiary/aromatic N) is 2. The minimum atomic E-state index is -0.121. The number of hydrogen-bond donors (Lipinski definition) is 1. The number of benzene rings is 1. The summed E-state index contributed by atoms with van der Waals surface area (Å²) in [6, 6.07) is 8.98. The van der Waals surface area contributed by atoms with Crippen molar-refractivity contribution in [2.45, 2.75) is 25.9 Å². The van der Waals surface area contributed by atoms with E-state index in [1.165, 1.54) is 22.2 Å². The van der Waals surface area contributed by atoms with E-state index in [0.29, 0.717) is 17.0 Å². The monoisotopic (exact) mass is 361 g/mol. The Balaban J connectivity index is 1.61. The summed E-state index contributed by atoms with van der Waals surface area (Å²) in [6.45, 7) is 2.21. The normalized spacial score (nSPS) is 12.2. The fourth-order valence-electron chi connectivity index (χ4n) is 2.42. The molecule has 0 bridgehead atoms. The van der Waals surface area contributed by atoms with E-state index in [1.54, 1.807) is 18.2 Å². The van der Waals surface area contributed by atoms with Gasteiger partial charge in [-0.15, -0.1) is 11.3 Å². The predicted octanol–water partition coefficient (Wildman–Crippen LogP) is 3.38. The highest BCUT2D eigenvalue weighted by Gasteiger charge is 2.11. The largest absolute Gasteiger partial charge is 0.350 e. The third kappa shape index (κ3) is 3.66. The van der Waals surface area contributed by atoms with Gasteiger partial charge in [-0.3, -0.25) is 14.2 Å². The molecule has 1 N–H and O–H groups in total. The third-order valence-electron chi connectivity index (χ3n) is 3.78. The van der Waals surface area contributed by atoms with Crippen LogP contribution in [0.25, 0.3) is 10.2 Å². The van der Waals surface area contributed by atoms with E-state index in [1.807, 2.05) is 24.4 Å². The van der Waals surface area contributed by atoms with Crippen molar-refractivity contribution in [1.82, 2.24) is 14.9 Å². The van der Waals surface area contributed by atoms with Gasteiger partial charge in [0.15, 0.2) is 0 Å². The minimum absolute atomic E-state index is 0.111. The van der Waals surface area contributed by atoms with Crippen LogP contribution in [0.1, 0.15) is 24.9 Å². The average Bonchev–Trinajstić information content (AvgIpc) is 3.04. The summed E-state index contributed by atoms with van der Waals surface area (Å²) >= 11 is 7.29. The van der Waals surface area contributed by atoms with Crippen LogP contribution in [0.5, 0.6) is 0 Å². The van der Waals surface area contributed by atoms with Crippen molar-refractivity contribution in [3.8, 4) is 0 Å². The van der Waals surface area contributed by atoms with Gasteiger partial charge in [0.05, 0.1) is 17.8 Å². The molecule has 1 atom stereocenters. The highest BCUT2D eigenvalue weighted by molar-refractivity contribution is 7.16. The van der Waals surface area contributed by atoms with Crippen LogP contribution in [0, 0.1) is 0 Å². The van der Waals surface area contributed by atoms with Crippen LogP contribution in [0.2, 0.25) is 5.02 Å². The lowest BCUT2D eigenvalue weighted by atomic mass is 10.1. The van der Waals surface area contributed by atoms with E-state index in [-0.39, 0.29) is 23.9 Å². The van der Waals surface area contributed by atoms with Crippen molar-refractivity contribution in [1.29, 1.82) is 0 Å². The lowest BCUT2D eigenvalue weighted by molar-refractivity contribution is -0.121. The van der Waals surface area contributed by atoms with E-state index in [0.717, 1.165) is 10.4 Å². The molecule has 7 heteroatoms. The number of rotatable bonds is 5. The maximum atomic E-state index is 12.3. The molecule has 1 amide bonds. The first-order chi connectivity index (χ1) is 11.5. The molecule has 0 fully saturated rings. The second-order valence-corrected chi connectivity index (χ2v) is 6.80.